The maximum Gasteiger partial charge on any atom is 0.273 e. The summed E-state index contributed by atoms with van der Waals surface area (Å²) in [6.45, 7) is 1.67. The standard InChI is InChI=1S/C14H13FN6O3/c1-8(13-18-20-21-19-13)16-14(22)11-6-24-12(17-11)7-23-10-4-2-3-9(15)5-10/h2-6,8H,7H2,1H3,(H,16,22)(H,18,19,20,21). The lowest BCUT2D eigenvalue weighted by Crippen LogP contribution is -2.27. The lowest BCUT2D eigenvalue weighted by Gasteiger charge is -2.07. The number of tetrazole rings is 1. The van der Waals surface area contributed by atoms with Crippen molar-refractivity contribution >= 4 is 5.91 Å². The van der Waals surface area contributed by atoms with Crippen molar-refractivity contribution in [2.45, 2.75) is 19.6 Å². The second-order valence-electron chi connectivity index (χ2n) is 4.84. The molecule has 3 rings (SSSR count). The quantitative estimate of drug-likeness (QED) is 0.700. The van der Waals surface area contributed by atoms with Crippen LogP contribution in [0.4, 0.5) is 4.39 Å². The summed E-state index contributed by atoms with van der Waals surface area (Å²) in [6.07, 6.45) is 1.21. The number of H-pyrrole nitrogens is 1. The highest BCUT2D eigenvalue weighted by Crippen LogP contribution is 2.14. The molecule has 1 unspecified atom stereocenters. The largest absolute Gasteiger partial charge is 0.484 e. The van der Waals surface area contributed by atoms with Crippen LogP contribution in [-0.2, 0) is 6.61 Å². The van der Waals surface area contributed by atoms with Gasteiger partial charge in [-0.2, -0.15) is 5.21 Å². The van der Waals surface area contributed by atoms with E-state index in [4.69, 9.17) is 9.15 Å². The number of benzene rings is 1. The van der Waals surface area contributed by atoms with Gasteiger partial charge in [-0.15, -0.1) is 10.2 Å². The van der Waals surface area contributed by atoms with Crippen LogP contribution in [0.1, 0.15) is 35.2 Å². The molecule has 0 fully saturated rings. The van der Waals surface area contributed by atoms with Crippen molar-refractivity contribution in [2.75, 3.05) is 0 Å². The number of carbonyl (C=O) groups is 1. The summed E-state index contributed by atoms with van der Waals surface area (Å²) in [5.41, 5.74) is 0.0863. The summed E-state index contributed by atoms with van der Waals surface area (Å²) in [4.78, 5) is 16.1. The number of oxazole rings is 1. The van der Waals surface area contributed by atoms with Crippen molar-refractivity contribution in [1.82, 2.24) is 30.9 Å². The molecular weight excluding hydrogens is 319 g/mol. The number of aromatic amines is 1. The number of aromatic nitrogens is 5. The zero-order valence-corrected chi connectivity index (χ0v) is 12.6. The summed E-state index contributed by atoms with van der Waals surface area (Å²) in [5, 5.41) is 15.9. The first kappa shape index (κ1) is 15.6. The number of hydrogen-bond acceptors (Lipinski definition) is 7. The van der Waals surface area contributed by atoms with Gasteiger partial charge in [-0.3, -0.25) is 4.79 Å². The van der Waals surface area contributed by atoms with Crippen LogP contribution < -0.4 is 10.1 Å². The van der Waals surface area contributed by atoms with E-state index in [0.717, 1.165) is 0 Å². The Bertz CT molecular complexity index is 820. The van der Waals surface area contributed by atoms with E-state index < -0.39 is 17.8 Å². The van der Waals surface area contributed by atoms with Gasteiger partial charge in [0.2, 0.25) is 5.89 Å². The molecule has 0 spiro atoms. The Morgan fingerprint density at radius 1 is 1.50 bits per heavy atom. The molecule has 124 valence electrons. The number of amides is 1. The van der Waals surface area contributed by atoms with Crippen LogP contribution in [0.2, 0.25) is 0 Å². The first-order chi connectivity index (χ1) is 11.6. The minimum Gasteiger partial charge on any atom is -0.484 e. The number of hydrogen-bond donors (Lipinski definition) is 2. The molecule has 0 radical (unpaired) electrons. The SMILES string of the molecule is CC(NC(=O)c1coc(COc2cccc(F)c2)n1)c1nn[nH]n1. The molecule has 2 heterocycles. The van der Waals surface area contributed by atoms with Gasteiger partial charge < -0.3 is 14.5 Å². The van der Waals surface area contributed by atoms with Gasteiger partial charge in [0.15, 0.2) is 18.1 Å². The van der Waals surface area contributed by atoms with E-state index in [1.165, 1.54) is 24.5 Å². The van der Waals surface area contributed by atoms with Gasteiger partial charge in [0.1, 0.15) is 17.8 Å². The Morgan fingerprint density at radius 2 is 2.38 bits per heavy atom. The lowest BCUT2D eigenvalue weighted by molar-refractivity contribution is 0.0933. The molecule has 3 aromatic rings. The van der Waals surface area contributed by atoms with Crippen molar-refractivity contribution < 1.29 is 18.3 Å². The maximum atomic E-state index is 13.1. The minimum atomic E-state index is -0.451. The van der Waals surface area contributed by atoms with Crippen LogP contribution in [-0.4, -0.2) is 31.5 Å². The molecule has 10 heteroatoms. The van der Waals surface area contributed by atoms with Crippen LogP contribution >= 0.6 is 0 Å². The molecule has 1 aromatic carbocycles. The molecule has 0 bridgehead atoms. The average molecular weight is 332 g/mol. The third-order valence-electron chi connectivity index (χ3n) is 3.04. The summed E-state index contributed by atoms with van der Waals surface area (Å²) >= 11 is 0. The Balaban J connectivity index is 1.57. The van der Waals surface area contributed by atoms with Crippen LogP contribution in [0.3, 0.4) is 0 Å². The maximum absolute atomic E-state index is 13.1. The van der Waals surface area contributed by atoms with Gasteiger partial charge in [0.05, 0.1) is 6.04 Å². The van der Waals surface area contributed by atoms with Crippen molar-refractivity contribution in [2.24, 2.45) is 0 Å². The highest BCUT2D eigenvalue weighted by atomic mass is 19.1. The lowest BCUT2D eigenvalue weighted by atomic mass is 10.3. The van der Waals surface area contributed by atoms with Gasteiger partial charge in [0, 0.05) is 6.07 Å². The van der Waals surface area contributed by atoms with Gasteiger partial charge in [-0.05, 0) is 19.1 Å². The molecule has 2 N–H and O–H groups in total. The monoisotopic (exact) mass is 332 g/mol. The first-order valence-electron chi connectivity index (χ1n) is 6.99. The van der Waals surface area contributed by atoms with Crippen molar-refractivity contribution in [3.8, 4) is 5.75 Å². The zero-order valence-electron chi connectivity index (χ0n) is 12.6. The third-order valence-corrected chi connectivity index (χ3v) is 3.04. The highest BCUT2D eigenvalue weighted by Gasteiger charge is 2.18. The fraction of sp³-hybridized carbons (Fsp3) is 0.214. The molecular formula is C14H13FN6O3. The first-order valence-corrected chi connectivity index (χ1v) is 6.99. The number of halogens is 1. The molecule has 0 aliphatic rings. The summed E-state index contributed by atoms with van der Waals surface area (Å²) in [7, 11) is 0. The minimum absolute atomic E-state index is 0.0306. The second-order valence-corrected chi connectivity index (χ2v) is 4.84. The second kappa shape index (κ2) is 6.86. The van der Waals surface area contributed by atoms with Gasteiger partial charge in [-0.25, -0.2) is 9.37 Å². The number of rotatable bonds is 6. The molecule has 0 aliphatic heterocycles. The van der Waals surface area contributed by atoms with Crippen molar-refractivity contribution in [3.63, 3.8) is 0 Å². The summed E-state index contributed by atoms with van der Waals surface area (Å²) in [6, 6.07) is 5.24. The van der Waals surface area contributed by atoms with E-state index in [1.54, 1.807) is 13.0 Å². The molecule has 1 atom stereocenters. The topological polar surface area (TPSA) is 119 Å². The zero-order chi connectivity index (χ0) is 16.9. The van der Waals surface area contributed by atoms with Gasteiger partial charge in [0.25, 0.3) is 5.91 Å². The van der Waals surface area contributed by atoms with Crippen LogP contribution in [0.15, 0.2) is 34.9 Å². The summed E-state index contributed by atoms with van der Waals surface area (Å²) < 4.78 is 23.6. The molecule has 2 aromatic heterocycles. The van der Waals surface area contributed by atoms with Crippen LogP contribution in [0, 0.1) is 5.82 Å². The fourth-order valence-electron chi connectivity index (χ4n) is 1.87. The van der Waals surface area contributed by atoms with Crippen molar-refractivity contribution in [1.29, 1.82) is 0 Å². The average Bonchev–Trinajstić information content (AvgIpc) is 3.25. The smallest absolute Gasteiger partial charge is 0.273 e. The predicted molar refractivity (Wildman–Crippen MR) is 77.3 cm³/mol. The van der Waals surface area contributed by atoms with E-state index in [-0.39, 0.29) is 18.2 Å². The Kier molecular flexibility index (Phi) is 4.45. The number of nitrogens with zero attached hydrogens (tertiary/aromatic N) is 4. The Labute approximate surface area is 135 Å². The fourth-order valence-corrected chi connectivity index (χ4v) is 1.87. The Hall–Kier alpha value is -3.30. The van der Waals surface area contributed by atoms with E-state index in [0.29, 0.717) is 11.6 Å². The number of ether oxygens (including phenoxy) is 1. The molecule has 9 nitrogen and oxygen atoms in total. The summed E-state index contributed by atoms with van der Waals surface area (Å²) in [5.74, 6) is 0.0199. The van der Waals surface area contributed by atoms with Crippen molar-refractivity contribution in [3.05, 3.63) is 53.8 Å². The number of nitrogens with one attached hydrogen (secondary N) is 2. The molecule has 0 aliphatic carbocycles. The van der Waals surface area contributed by atoms with E-state index in [1.807, 2.05) is 0 Å². The van der Waals surface area contributed by atoms with Crippen LogP contribution in [0.5, 0.6) is 5.75 Å². The molecule has 24 heavy (non-hydrogen) atoms. The number of carbonyl (C=O) groups excluding carboxylic acids is 1. The molecule has 1 amide bonds. The third kappa shape index (κ3) is 3.72. The van der Waals surface area contributed by atoms with Gasteiger partial charge in [-0.1, -0.05) is 11.3 Å². The van der Waals surface area contributed by atoms with Crippen LogP contribution in [0.25, 0.3) is 0 Å². The predicted octanol–water partition coefficient (Wildman–Crippen LogP) is 1.40. The van der Waals surface area contributed by atoms with E-state index >= 15 is 0 Å². The highest BCUT2D eigenvalue weighted by molar-refractivity contribution is 5.92. The molecule has 0 saturated heterocycles. The normalized spacial score (nSPS) is 11.9. The van der Waals surface area contributed by atoms with Gasteiger partial charge >= 0.3 is 0 Å². The Morgan fingerprint density at radius 3 is 3.12 bits per heavy atom. The van der Waals surface area contributed by atoms with E-state index in [2.05, 4.69) is 30.9 Å². The molecule has 0 saturated carbocycles. The van der Waals surface area contributed by atoms with E-state index in [9.17, 15) is 9.18 Å².